The van der Waals surface area contributed by atoms with Gasteiger partial charge in [0.2, 0.25) is 0 Å². The van der Waals surface area contributed by atoms with Gasteiger partial charge in [-0.15, -0.1) is 11.3 Å². The molecule has 0 radical (unpaired) electrons. The second kappa shape index (κ2) is 8.00. The third-order valence-electron chi connectivity index (χ3n) is 5.64. The highest BCUT2D eigenvalue weighted by molar-refractivity contribution is 7.20. The first kappa shape index (κ1) is 21.1. The van der Waals surface area contributed by atoms with Crippen LogP contribution in [0, 0.1) is 13.8 Å². The first-order valence-corrected chi connectivity index (χ1v) is 11.3. The Labute approximate surface area is 194 Å². The Balaban J connectivity index is 1.58. The molecule has 0 fully saturated rings. The van der Waals surface area contributed by atoms with Gasteiger partial charge in [0.1, 0.15) is 10.6 Å². The van der Waals surface area contributed by atoms with Crippen LogP contribution in [0.5, 0.6) is 5.75 Å². The lowest BCUT2D eigenvalue weighted by molar-refractivity contribution is -0.135. The molecular weight excluding hydrogens is 440 g/mol. The summed E-state index contributed by atoms with van der Waals surface area (Å²) >= 11 is 1.32. The van der Waals surface area contributed by atoms with E-state index in [0.717, 1.165) is 21.5 Å². The second-order valence-electron chi connectivity index (χ2n) is 8.07. The van der Waals surface area contributed by atoms with Crippen LogP contribution >= 0.6 is 11.3 Å². The first-order valence-electron chi connectivity index (χ1n) is 10.5. The zero-order valence-electron chi connectivity index (χ0n) is 18.7. The third-order valence-corrected chi connectivity index (χ3v) is 6.82. The number of carbonyl (C=O) groups excluding carboxylic acids is 2. The van der Waals surface area contributed by atoms with Gasteiger partial charge in [-0.05, 0) is 43.7 Å². The van der Waals surface area contributed by atoms with Crippen molar-refractivity contribution < 1.29 is 18.7 Å². The number of rotatable bonds is 3. The van der Waals surface area contributed by atoms with Crippen LogP contribution in [0.1, 0.15) is 20.9 Å². The fourth-order valence-electron chi connectivity index (χ4n) is 4.02. The molecule has 0 spiro atoms. The number of aromatic nitrogens is 2. The number of fused-ring (bicyclic) bond motifs is 2. The molecule has 3 aromatic heterocycles. The molecule has 0 aliphatic carbocycles. The Morgan fingerprint density at radius 2 is 1.91 bits per heavy atom. The monoisotopic (exact) mass is 462 g/mol. The zero-order valence-corrected chi connectivity index (χ0v) is 19.5. The molecule has 2 amide bonds. The average molecular weight is 463 g/mol. The number of furan rings is 1. The van der Waals surface area contributed by atoms with Crippen LogP contribution in [0.4, 0.5) is 5.69 Å². The number of ether oxygens (including phenoxy) is 1. The van der Waals surface area contributed by atoms with Gasteiger partial charge in [0.25, 0.3) is 11.8 Å². The molecule has 4 heterocycles. The van der Waals surface area contributed by atoms with Crippen LogP contribution in [0.25, 0.3) is 21.8 Å². The second-order valence-corrected chi connectivity index (χ2v) is 9.07. The van der Waals surface area contributed by atoms with Crippen molar-refractivity contribution >= 4 is 39.1 Å². The molecule has 1 unspecified atom stereocenters. The molecule has 1 aromatic carbocycles. The van der Waals surface area contributed by atoms with Gasteiger partial charge in [-0.2, -0.15) is 0 Å². The zero-order chi connectivity index (χ0) is 23.3. The van der Waals surface area contributed by atoms with Crippen molar-refractivity contribution in [3.05, 3.63) is 58.8 Å². The van der Waals surface area contributed by atoms with E-state index in [2.05, 4.69) is 9.97 Å². The number of hydrogen-bond donors (Lipinski definition) is 0. The van der Waals surface area contributed by atoms with Crippen molar-refractivity contribution in [3.63, 3.8) is 0 Å². The highest BCUT2D eigenvalue weighted by atomic mass is 32.1. The number of benzene rings is 1. The molecule has 9 heteroatoms. The molecular formula is C24H22N4O4S. The number of amides is 2. The predicted octanol–water partition coefficient (Wildman–Crippen LogP) is 4.06. The van der Waals surface area contributed by atoms with Crippen molar-refractivity contribution in [1.82, 2.24) is 14.9 Å². The molecule has 168 valence electrons. The van der Waals surface area contributed by atoms with Gasteiger partial charge in [-0.25, -0.2) is 9.97 Å². The van der Waals surface area contributed by atoms with E-state index in [1.807, 2.05) is 32.0 Å². The Bertz CT molecular complexity index is 1380. The van der Waals surface area contributed by atoms with Crippen LogP contribution in [0.3, 0.4) is 0 Å². The summed E-state index contributed by atoms with van der Waals surface area (Å²) in [4.78, 5) is 40.1. The van der Waals surface area contributed by atoms with Crippen LogP contribution in [-0.4, -0.2) is 53.4 Å². The van der Waals surface area contributed by atoms with Crippen LogP contribution < -0.4 is 9.64 Å². The lowest BCUT2D eigenvalue weighted by Crippen LogP contribution is -2.50. The summed E-state index contributed by atoms with van der Waals surface area (Å²) in [5, 5.41) is 0.862. The van der Waals surface area contributed by atoms with Gasteiger partial charge in [0.05, 0.1) is 29.1 Å². The molecule has 8 nitrogen and oxygen atoms in total. The maximum Gasteiger partial charge on any atom is 0.268 e. The molecule has 4 aromatic rings. The van der Waals surface area contributed by atoms with Crippen LogP contribution in [0.2, 0.25) is 0 Å². The van der Waals surface area contributed by atoms with E-state index < -0.39 is 6.10 Å². The number of nitrogens with zero attached hydrogens (tertiary/aromatic N) is 4. The number of likely N-dealkylation sites (N-methyl/N-ethyl adjacent to an activating group) is 1. The van der Waals surface area contributed by atoms with Crippen molar-refractivity contribution in [2.24, 2.45) is 0 Å². The van der Waals surface area contributed by atoms with Gasteiger partial charge < -0.3 is 14.1 Å². The molecule has 1 aliphatic rings. The summed E-state index contributed by atoms with van der Waals surface area (Å²) in [7, 11) is 3.35. The predicted molar refractivity (Wildman–Crippen MR) is 126 cm³/mol. The van der Waals surface area contributed by atoms with E-state index in [1.165, 1.54) is 16.2 Å². The standard InChI is InChI=1S/C24H22N4O4S/c1-13-19-14(2)25-21(17-10-7-11-31-17)26-22(19)33-20(13)24(30)28-12-18(23(29)27(3)4)32-16-9-6-5-8-15(16)28/h5-11,18H,12H2,1-4H3. The molecule has 33 heavy (non-hydrogen) atoms. The summed E-state index contributed by atoms with van der Waals surface area (Å²) in [5.41, 5.74) is 2.24. The summed E-state index contributed by atoms with van der Waals surface area (Å²) < 4.78 is 11.4. The highest BCUT2D eigenvalue weighted by Gasteiger charge is 2.36. The molecule has 0 saturated carbocycles. The maximum atomic E-state index is 13.8. The quantitative estimate of drug-likeness (QED) is 0.456. The Kier molecular flexibility index (Phi) is 5.13. The summed E-state index contributed by atoms with van der Waals surface area (Å²) in [6.45, 7) is 3.94. The SMILES string of the molecule is Cc1nc(-c2ccco2)nc2sc(C(=O)N3CC(C(=O)N(C)C)Oc4ccccc43)c(C)c12. The molecule has 1 aliphatic heterocycles. The highest BCUT2D eigenvalue weighted by Crippen LogP contribution is 2.38. The number of anilines is 1. The van der Waals surface area contributed by atoms with Crippen molar-refractivity contribution in [3.8, 4) is 17.3 Å². The van der Waals surface area contributed by atoms with Gasteiger partial charge in [-0.3, -0.25) is 14.5 Å². The minimum atomic E-state index is -0.777. The molecule has 0 N–H and O–H groups in total. The Morgan fingerprint density at radius 3 is 2.64 bits per heavy atom. The van der Waals surface area contributed by atoms with Crippen molar-refractivity contribution in [2.75, 3.05) is 25.5 Å². The van der Waals surface area contributed by atoms with Crippen molar-refractivity contribution in [1.29, 1.82) is 0 Å². The van der Waals surface area contributed by atoms with Gasteiger partial charge >= 0.3 is 0 Å². The lowest BCUT2D eigenvalue weighted by Gasteiger charge is -2.35. The van der Waals surface area contributed by atoms with Gasteiger partial charge in [0.15, 0.2) is 17.7 Å². The van der Waals surface area contributed by atoms with E-state index in [4.69, 9.17) is 9.15 Å². The Morgan fingerprint density at radius 1 is 1.12 bits per heavy atom. The van der Waals surface area contributed by atoms with Gasteiger partial charge in [0, 0.05) is 19.5 Å². The van der Waals surface area contributed by atoms with E-state index in [-0.39, 0.29) is 18.4 Å². The molecule has 1 atom stereocenters. The topological polar surface area (TPSA) is 88.8 Å². The van der Waals surface area contributed by atoms with Crippen molar-refractivity contribution in [2.45, 2.75) is 20.0 Å². The first-order chi connectivity index (χ1) is 15.8. The van der Waals surface area contributed by atoms with Crippen LogP contribution in [-0.2, 0) is 4.79 Å². The number of thiophene rings is 1. The molecule has 0 bridgehead atoms. The average Bonchev–Trinajstić information content (AvgIpc) is 3.46. The third kappa shape index (κ3) is 3.54. The number of hydrogen-bond acceptors (Lipinski definition) is 7. The van der Waals surface area contributed by atoms with E-state index in [1.54, 1.807) is 43.5 Å². The summed E-state index contributed by atoms with van der Waals surface area (Å²) in [6, 6.07) is 10.9. The Hall–Kier alpha value is -3.72. The maximum absolute atomic E-state index is 13.8. The van der Waals surface area contributed by atoms with Crippen LogP contribution in [0.15, 0.2) is 47.1 Å². The summed E-state index contributed by atoms with van der Waals surface area (Å²) in [6.07, 6.45) is 0.800. The lowest BCUT2D eigenvalue weighted by atomic mass is 10.1. The number of carbonyl (C=O) groups is 2. The smallest absolute Gasteiger partial charge is 0.268 e. The minimum Gasteiger partial charge on any atom is -0.476 e. The van der Waals surface area contributed by atoms with Gasteiger partial charge in [-0.1, -0.05) is 12.1 Å². The number of para-hydroxylation sites is 2. The fourth-order valence-corrected chi connectivity index (χ4v) is 5.21. The molecule has 5 rings (SSSR count). The number of aryl methyl sites for hydroxylation is 2. The minimum absolute atomic E-state index is 0.128. The van der Waals surface area contributed by atoms with E-state index in [0.29, 0.717) is 27.9 Å². The van der Waals surface area contributed by atoms with E-state index >= 15 is 0 Å². The molecule has 0 saturated heterocycles. The largest absolute Gasteiger partial charge is 0.476 e. The van der Waals surface area contributed by atoms with E-state index in [9.17, 15) is 9.59 Å². The summed E-state index contributed by atoms with van der Waals surface area (Å²) in [5.74, 6) is 1.18. The fraction of sp³-hybridized carbons (Fsp3) is 0.250. The normalized spacial score (nSPS) is 15.3.